The molecule has 0 aliphatic heterocycles. The van der Waals surface area contributed by atoms with Gasteiger partial charge in [0.2, 0.25) is 0 Å². The average Bonchev–Trinajstić information content (AvgIpc) is 2.67. The summed E-state index contributed by atoms with van der Waals surface area (Å²) in [5, 5.41) is 3.21. The summed E-state index contributed by atoms with van der Waals surface area (Å²) in [4.78, 5) is 7.12. The number of aromatic nitrogens is 2. The predicted octanol–water partition coefficient (Wildman–Crippen LogP) is 2.03. The van der Waals surface area contributed by atoms with Gasteiger partial charge in [-0.3, -0.25) is 0 Å². The van der Waals surface area contributed by atoms with Crippen LogP contribution in [0.25, 0.3) is 0 Å². The number of halogens is 1. The molecule has 4 nitrogen and oxygen atoms in total. The van der Waals surface area contributed by atoms with Crippen LogP contribution >= 0.6 is 12.4 Å². The number of nitrogens with zero attached hydrogens (tertiary/aromatic N) is 1. The summed E-state index contributed by atoms with van der Waals surface area (Å²) >= 11 is 0. The first-order chi connectivity index (χ1) is 6.84. The number of imidazole rings is 1. The lowest BCUT2D eigenvalue weighted by Crippen LogP contribution is -2.01. The summed E-state index contributed by atoms with van der Waals surface area (Å²) in [6.45, 7) is 0.677. The lowest BCUT2D eigenvalue weighted by molar-refractivity contribution is 1.00. The van der Waals surface area contributed by atoms with Gasteiger partial charge in [0.1, 0.15) is 5.82 Å². The molecule has 80 valence electrons. The van der Waals surface area contributed by atoms with Crippen molar-refractivity contribution in [3.8, 4) is 0 Å². The Kier molecular flexibility index (Phi) is 4.00. The molecule has 0 spiro atoms. The molecule has 0 bridgehead atoms. The maximum atomic E-state index is 5.64. The van der Waals surface area contributed by atoms with Crippen molar-refractivity contribution in [1.29, 1.82) is 0 Å². The Morgan fingerprint density at radius 1 is 1.40 bits per heavy atom. The Morgan fingerprint density at radius 2 is 2.27 bits per heavy atom. The largest absolute Gasteiger partial charge is 0.399 e. The standard InChI is InChI=1S/C10H12N4.ClH/c11-8-2-1-3-9(6-8)14-7-10-12-4-5-13-10;/h1-6,14H,7,11H2,(H,12,13);1H. The van der Waals surface area contributed by atoms with Crippen LogP contribution in [-0.4, -0.2) is 9.97 Å². The van der Waals surface area contributed by atoms with E-state index in [0.717, 1.165) is 17.2 Å². The highest BCUT2D eigenvalue weighted by molar-refractivity contribution is 5.85. The molecule has 2 rings (SSSR count). The van der Waals surface area contributed by atoms with Crippen molar-refractivity contribution >= 4 is 23.8 Å². The second-order valence-electron chi connectivity index (χ2n) is 3.01. The summed E-state index contributed by atoms with van der Waals surface area (Å²) < 4.78 is 0. The van der Waals surface area contributed by atoms with Crippen molar-refractivity contribution in [3.05, 3.63) is 42.5 Å². The van der Waals surface area contributed by atoms with Gasteiger partial charge < -0.3 is 16.0 Å². The van der Waals surface area contributed by atoms with E-state index in [4.69, 9.17) is 5.73 Å². The first-order valence-corrected chi connectivity index (χ1v) is 4.42. The zero-order valence-electron chi connectivity index (χ0n) is 8.10. The van der Waals surface area contributed by atoms with Gasteiger partial charge in [-0.15, -0.1) is 12.4 Å². The van der Waals surface area contributed by atoms with E-state index in [9.17, 15) is 0 Å². The lowest BCUT2D eigenvalue weighted by atomic mass is 10.3. The molecule has 0 fully saturated rings. The van der Waals surface area contributed by atoms with Gasteiger partial charge in [-0.25, -0.2) is 4.98 Å². The number of benzene rings is 1. The second kappa shape index (κ2) is 5.26. The number of nitrogen functional groups attached to an aromatic ring is 1. The van der Waals surface area contributed by atoms with Crippen LogP contribution in [-0.2, 0) is 6.54 Å². The van der Waals surface area contributed by atoms with Crippen molar-refractivity contribution in [2.24, 2.45) is 0 Å². The number of H-pyrrole nitrogens is 1. The molecular formula is C10H13ClN4. The first kappa shape index (κ1) is 11.4. The third-order valence-corrected chi connectivity index (χ3v) is 1.90. The Labute approximate surface area is 94.3 Å². The van der Waals surface area contributed by atoms with E-state index >= 15 is 0 Å². The molecule has 1 aromatic carbocycles. The number of anilines is 2. The molecule has 0 unspecified atom stereocenters. The van der Waals surface area contributed by atoms with Crippen molar-refractivity contribution < 1.29 is 0 Å². The maximum Gasteiger partial charge on any atom is 0.125 e. The summed E-state index contributed by atoms with van der Waals surface area (Å²) in [6, 6.07) is 7.64. The van der Waals surface area contributed by atoms with Crippen molar-refractivity contribution in [1.82, 2.24) is 9.97 Å². The summed E-state index contributed by atoms with van der Waals surface area (Å²) in [5.74, 6) is 0.910. The Bertz CT molecular complexity index is 400. The lowest BCUT2D eigenvalue weighted by Gasteiger charge is -2.04. The Hall–Kier alpha value is -1.68. The molecular weight excluding hydrogens is 212 g/mol. The first-order valence-electron chi connectivity index (χ1n) is 4.42. The van der Waals surface area contributed by atoms with Crippen molar-refractivity contribution in [3.63, 3.8) is 0 Å². The van der Waals surface area contributed by atoms with Gasteiger partial charge in [0, 0.05) is 23.8 Å². The van der Waals surface area contributed by atoms with Crippen LogP contribution in [0.1, 0.15) is 5.82 Å². The molecule has 5 heteroatoms. The maximum absolute atomic E-state index is 5.64. The fraction of sp³-hybridized carbons (Fsp3) is 0.100. The van der Waals surface area contributed by atoms with Gasteiger partial charge in [-0.05, 0) is 18.2 Å². The molecule has 2 aromatic rings. The quantitative estimate of drug-likeness (QED) is 0.699. The fourth-order valence-corrected chi connectivity index (χ4v) is 1.23. The number of aromatic amines is 1. The average molecular weight is 225 g/mol. The number of hydrogen-bond acceptors (Lipinski definition) is 3. The Balaban J connectivity index is 0.00000112. The predicted molar refractivity (Wildman–Crippen MR) is 64.0 cm³/mol. The highest BCUT2D eigenvalue weighted by Gasteiger charge is 1.95. The van der Waals surface area contributed by atoms with Gasteiger partial charge in [0.15, 0.2) is 0 Å². The molecule has 1 heterocycles. The van der Waals surface area contributed by atoms with E-state index in [0.29, 0.717) is 6.54 Å². The highest BCUT2D eigenvalue weighted by atomic mass is 35.5. The third kappa shape index (κ3) is 3.18. The molecule has 1 aromatic heterocycles. The third-order valence-electron chi connectivity index (χ3n) is 1.90. The van der Waals surface area contributed by atoms with E-state index < -0.39 is 0 Å². The molecule has 0 atom stereocenters. The molecule has 4 N–H and O–H groups in total. The smallest absolute Gasteiger partial charge is 0.125 e. The van der Waals surface area contributed by atoms with E-state index in [2.05, 4.69) is 15.3 Å². The SMILES string of the molecule is Cl.Nc1cccc(NCc2ncc[nH]2)c1. The van der Waals surface area contributed by atoms with Gasteiger partial charge in [-0.1, -0.05) is 6.07 Å². The molecule has 0 saturated carbocycles. The van der Waals surface area contributed by atoms with Crippen LogP contribution in [0.15, 0.2) is 36.7 Å². The normalized spacial score (nSPS) is 9.33. The Morgan fingerprint density at radius 3 is 2.93 bits per heavy atom. The van der Waals surface area contributed by atoms with E-state index in [1.807, 2.05) is 24.3 Å². The molecule has 0 amide bonds. The summed E-state index contributed by atoms with van der Waals surface area (Å²) in [5.41, 5.74) is 7.40. The highest BCUT2D eigenvalue weighted by Crippen LogP contribution is 2.12. The molecule has 15 heavy (non-hydrogen) atoms. The van der Waals surface area contributed by atoms with Crippen molar-refractivity contribution in [2.75, 3.05) is 11.1 Å². The van der Waals surface area contributed by atoms with E-state index in [-0.39, 0.29) is 12.4 Å². The van der Waals surface area contributed by atoms with Gasteiger partial charge >= 0.3 is 0 Å². The van der Waals surface area contributed by atoms with Crippen LogP contribution in [0, 0.1) is 0 Å². The van der Waals surface area contributed by atoms with Crippen LogP contribution < -0.4 is 11.1 Å². The monoisotopic (exact) mass is 224 g/mol. The van der Waals surface area contributed by atoms with Crippen LogP contribution in [0.4, 0.5) is 11.4 Å². The minimum Gasteiger partial charge on any atom is -0.399 e. The van der Waals surface area contributed by atoms with Gasteiger partial charge in [-0.2, -0.15) is 0 Å². The number of rotatable bonds is 3. The summed E-state index contributed by atoms with van der Waals surface area (Å²) in [7, 11) is 0. The molecule has 0 saturated heterocycles. The van der Waals surface area contributed by atoms with Crippen LogP contribution in [0.2, 0.25) is 0 Å². The van der Waals surface area contributed by atoms with E-state index in [1.165, 1.54) is 0 Å². The van der Waals surface area contributed by atoms with Gasteiger partial charge in [0.05, 0.1) is 6.54 Å². The van der Waals surface area contributed by atoms with Crippen molar-refractivity contribution in [2.45, 2.75) is 6.54 Å². The zero-order valence-corrected chi connectivity index (χ0v) is 8.92. The molecule has 0 aliphatic carbocycles. The van der Waals surface area contributed by atoms with Crippen LogP contribution in [0.3, 0.4) is 0 Å². The topological polar surface area (TPSA) is 66.7 Å². The molecule has 0 aliphatic rings. The van der Waals surface area contributed by atoms with E-state index in [1.54, 1.807) is 12.4 Å². The number of nitrogens with two attached hydrogens (primary N) is 1. The number of hydrogen-bond donors (Lipinski definition) is 3. The molecule has 0 radical (unpaired) electrons. The zero-order chi connectivity index (χ0) is 9.80. The minimum absolute atomic E-state index is 0. The summed E-state index contributed by atoms with van der Waals surface area (Å²) in [6.07, 6.45) is 3.53. The number of nitrogens with one attached hydrogen (secondary N) is 2. The van der Waals surface area contributed by atoms with Crippen LogP contribution in [0.5, 0.6) is 0 Å². The minimum atomic E-state index is 0. The second-order valence-corrected chi connectivity index (χ2v) is 3.01. The van der Waals surface area contributed by atoms with Gasteiger partial charge in [0.25, 0.3) is 0 Å². The fourth-order valence-electron chi connectivity index (χ4n) is 1.23.